The number of unbranched alkanes of at least 4 members (excludes halogenated alkanes) is 1. The second-order valence-corrected chi connectivity index (χ2v) is 7.26. The van der Waals surface area contributed by atoms with Crippen LogP contribution in [0.5, 0.6) is 0 Å². The van der Waals surface area contributed by atoms with E-state index in [2.05, 4.69) is 19.6 Å². The molecule has 4 heteroatoms. The topological polar surface area (TPSA) is 74.6 Å². The van der Waals surface area contributed by atoms with Crippen LogP contribution in [0.4, 0.5) is 0 Å². The van der Waals surface area contributed by atoms with E-state index in [-0.39, 0.29) is 17.6 Å². The van der Waals surface area contributed by atoms with Crippen LogP contribution in [-0.4, -0.2) is 34.0 Å². The molecule has 0 aliphatic heterocycles. The van der Waals surface area contributed by atoms with Crippen LogP contribution < -0.4 is 0 Å². The molecule has 1 unspecified atom stereocenters. The van der Waals surface area contributed by atoms with Crippen LogP contribution in [0.25, 0.3) is 0 Å². The number of carbonyl (C=O) groups is 2. The lowest BCUT2D eigenvalue weighted by atomic mass is 9.89. The number of allylic oxidation sites excluding steroid dienone is 3. The average molecular weight is 363 g/mol. The van der Waals surface area contributed by atoms with E-state index in [4.69, 9.17) is 5.11 Å². The lowest BCUT2D eigenvalue weighted by molar-refractivity contribution is -0.122. The maximum absolute atomic E-state index is 12.1. The first-order valence-corrected chi connectivity index (χ1v) is 9.78. The summed E-state index contributed by atoms with van der Waals surface area (Å²) in [5, 5.41) is 19.2. The van der Waals surface area contributed by atoms with Crippen LogP contribution in [0.15, 0.2) is 37.0 Å². The van der Waals surface area contributed by atoms with Gasteiger partial charge in [-0.3, -0.25) is 9.59 Å². The summed E-state index contributed by atoms with van der Waals surface area (Å²) in [5.74, 6) is 0.334. The van der Waals surface area contributed by atoms with Gasteiger partial charge in [0, 0.05) is 18.8 Å². The molecule has 26 heavy (non-hydrogen) atoms. The number of rotatable bonds is 13. The Morgan fingerprint density at radius 1 is 1.35 bits per heavy atom. The molecule has 0 aromatic rings. The summed E-state index contributed by atoms with van der Waals surface area (Å²) in [6.07, 6.45) is 15.9. The maximum atomic E-state index is 12.1. The van der Waals surface area contributed by atoms with Gasteiger partial charge in [0.25, 0.3) is 0 Å². The third kappa shape index (κ3) is 7.79. The van der Waals surface area contributed by atoms with Gasteiger partial charge in [0.2, 0.25) is 0 Å². The zero-order chi connectivity index (χ0) is 19.4. The minimum absolute atomic E-state index is 0.0106. The number of ketones is 2. The minimum Gasteiger partial charge on any atom is -0.389 e. The molecule has 3 atom stereocenters. The molecule has 1 saturated carbocycles. The summed E-state index contributed by atoms with van der Waals surface area (Å²) < 4.78 is 0. The molecule has 0 amide bonds. The number of Topliss-reactive ketones (excluding diaryl/α,β-unsaturated/α-hetero) is 2. The Balaban J connectivity index is 2.51. The molecule has 1 fully saturated rings. The molecule has 0 bridgehead atoms. The van der Waals surface area contributed by atoms with Crippen molar-refractivity contribution in [1.29, 1.82) is 0 Å². The van der Waals surface area contributed by atoms with Crippen LogP contribution in [0.2, 0.25) is 0 Å². The smallest absolute Gasteiger partial charge is 0.158 e. The van der Waals surface area contributed by atoms with Crippen molar-refractivity contribution in [2.45, 2.75) is 70.3 Å². The van der Waals surface area contributed by atoms with E-state index in [0.717, 1.165) is 19.3 Å². The molecule has 2 N–H and O–H groups in total. The van der Waals surface area contributed by atoms with Gasteiger partial charge in [-0.15, -0.1) is 6.58 Å². The predicted molar refractivity (Wildman–Crippen MR) is 105 cm³/mol. The van der Waals surface area contributed by atoms with Gasteiger partial charge in [0.15, 0.2) is 5.78 Å². The molecule has 0 aromatic heterocycles. The van der Waals surface area contributed by atoms with Crippen molar-refractivity contribution in [3.05, 3.63) is 37.0 Å². The molecule has 0 saturated heterocycles. The Morgan fingerprint density at radius 3 is 2.77 bits per heavy atom. The highest BCUT2D eigenvalue weighted by Crippen LogP contribution is 2.33. The standard InChI is InChI=1S/C22H34O4/c1-3-5-15-22(26,4-2)16-9-10-18-13-14-21(25)20(18)12-8-6-7-11-19(24)17-23/h4,6,8-10,18,20,23,26H,2-3,5,7,11-17H2,1H3/b8-6-,10-9+/t18-,20+,22?/m0/s1. The molecule has 0 heterocycles. The van der Waals surface area contributed by atoms with Crippen LogP contribution in [0.1, 0.15) is 64.7 Å². The maximum Gasteiger partial charge on any atom is 0.158 e. The van der Waals surface area contributed by atoms with Crippen molar-refractivity contribution in [3.63, 3.8) is 0 Å². The Labute approximate surface area is 157 Å². The average Bonchev–Trinajstić information content (AvgIpc) is 2.99. The molecule has 0 spiro atoms. The van der Waals surface area contributed by atoms with Gasteiger partial charge in [-0.1, -0.05) is 50.1 Å². The van der Waals surface area contributed by atoms with Crippen molar-refractivity contribution < 1.29 is 19.8 Å². The second kappa shape index (κ2) is 12.0. The van der Waals surface area contributed by atoms with E-state index >= 15 is 0 Å². The summed E-state index contributed by atoms with van der Waals surface area (Å²) in [5.41, 5.74) is -0.857. The highest BCUT2D eigenvalue weighted by molar-refractivity contribution is 5.84. The lowest BCUT2D eigenvalue weighted by Crippen LogP contribution is -2.24. The number of hydrogen-bond donors (Lipinski definition) is 2. The number of hydrogen-bond acceptors (Lipinski definition) is 4. The van der Waals surface area contributed by atoms with E-state index in [1.165, 1.54) is 0 Å². The Morgan fingerprint density at radius 2 is 2.12 bits per heavy atom. The van der Waals surface area contributed by atoms with Gasteiger partial charge < -0.3 is 10.2 Å². The second-order valence-electron chi connectivity index (χ2n) is 7.26. The molecule has 0 radical (unpaired) electrons. The Bertz CT molecular complexity index is 520. The molecule has 146 valence electrons. The number of aliphatic hydroxyl groups excluding tert-OH is 1. The van der Waals surface area contributed by atoms with Crippen molar-refractivity contribution >= 4 is 11.6 Å². The molecule has 4 nitrogen and oxygen atoms in total. The summed E-state index contributed by atoms with van der Waals surface area (Å²) in [6, 6.07) is 0. The molecular formula is C22H34O4. The first-order valence-electron chi connectivity index (χ1n) is 9.78. The molecule has 0 aromatic carbocycles. The van der Waals surface area contributed by atoms with Crippen molar-refractivity contribution in [2.75, 3.05) is 6.61 Å². The van der Waals surface area contributed by atoms with E-state index in [0.29, 0.717) is 44.3 Å². The zero-order valence-corrected chi connectivity index (χ0v) is 16.0. The molecule has 1 rings (SSSR count). The van der Waals surface area contributed by atoms with Crippen LogP contribution >= 0.6 is 0 Å². The quantitative estimate of drug-likeness (QED) is 0.487. The number of carbonyl (C=O) groups excluding carboxylic acids is 2. The fraction of sp³-hybridized carbons (Fsp3) is 0.636. The summed E-state index contributed by atoms with van der Waals surface area (Å²) in [7, 11) is 0. The molecule has 1 aliphatic carbocycles. The van der Waals surface area contributed by atoms with Crippen molar-refractivity contribution in [1.82, 2.24) is 0 Å². The zero-order valence-electron chi connectivity index (χ0n) is 16.0. The van der Waals surface area contributed by atoms with E-state index in [1.54, 1.807) is 6.08 Å². The lowest BCUT2D eigenvalue weighted by Gasteiger charge is -2.22. The van der Waals surface area contributed by atoms with E-state index < -0.39 is 12.2 Å². The van der Waals surface area contributed by atoms with Gasteiger partial charge in [0.05, 0.1) is 5.60 Å². The fourth-order valence-electron chi connectivity index (χ4n) is 3.37. The Kier molecular flexibility index (Phi) is 10.4. The van der Waals surface area contributed by atoms with E-state index in [9.17, 15) is 14.7 Å². The predicted octanol–water partition coefficient (Wildman–Crippen LogP) is 3.92. The Hall–Kier alpha value is -1.52. The third-order valence-electron chi connectivity index (χ3n) is 5.18. The summed E-state index contributed by atoms with van der Waals surface area (Å²) in [6.45, 7) is 5.45. The van der Waals surface area contributed by atoms with Gasteiger partial charge in [-0.05, 0) is 38.0 Å². The fourth-order valence-corrected chi connectivity index (χ4v) is 3.37. The van der Waals surface area contributed by atoms with Crippen LogP contribution in [0.3, 0.4) is 0 Å². The monoisotopic (exact) mass is 362 g/mol. The van der Waals surface area contributed by atoms with Crippen LogP contribution in [-0.2, 0) is 9.59 Å². The van der Waals surface area contributed by atoms with Crippen molar-refractivity contribution in [2.24, 2.45) is 11.8 Å². The first kappa shape index (κ1) is 22.5. The summed E-state index contributed by atoms with van der Waals surface area (Å²) in [4.78, 5) is 23.2. The normalized spacial score (nSPS) is 23.0. The summed E-state index contributed by atoms with van der Waals surface area (Å²) >= 11 is 0. The molecular weight excluding hydrogens is 328 g/mol. The third-order valence-corrected chi connectivity index (χ3v) is 5.18. The van der Waals surface area contributed by atoms with Crippen molar-refractivity contribution in [3.8, 4) is 0 Å². The van der Waals surface area contributed by atoms with Gasteiger partial charge in [-0.2, -0.15) is 0 Å². The number of aliphatic hydroxyl groups is 2. The van der Waals surface area contributed by atoms with Crippen LogP contribution in [0, 0.1) is 11.8 Å². The van der Waals surface area contributed by atoms with Gasteiger partial charge in [-0.25, -0.2) is 0 Å². The SMILES string of the molecule is C=CC(O)(C/C=C/[C@H]1CCC(=O)[C@@H]1C/C=C\CCC(=O)CO)CCCC. The largest absolute Gasteiger partial charge is 0.389 e. The van der Waals surface area contributed by atoms with E-state index in [1.807, 2.05) is 18.2 Å². The highest BCUT2D eigenvalue weighted by Gasteiger charge is 2.32. The van der Waals surface area contributed by atoms with Gasteiger partial charge in [0.1, 0.15) is 12.4 Å². The molecule has 1 aliphatic rings. The highest BCUT2D eigenvalue weighted by atomic mass is 16.3. The minimum atomic E-state index is -0.857. The van der Waals surface area contributed by atoms with Gasteiger partial charge >= 0.3 is 0 Å². The first-order chi connectivity index (χ1) is 12.5.